The van der Waals surface area contributed by atoms with E-state index in [0.717, 1.165) is 54.0 Å². The molecule has 1 saturated heterocycles. The van der Waals surface area contributed by atoms with Crippen LogP contribution in [-0.4, -0.2) is 38.1 Å². The van der Waals surface area contributed by atoms with Gasteiger partial charge >= 0.3 is 5.69 Å². The van der Waals surface area contributed by atoms with Gasteiger partial charge in [0, 0.05) is 44.1 Å². The molecule has 0 spiro atoms. The van der Waals surface area contributed by atoms with Crippen molar-refractivity contribution in [2.24, 2.45) is 12.8 Å². The SMILES string of the molecule is Cn1c(=O)n(C2CCN(c3ncccn3)CC2)c2ccc(-c3ccccc3C(N)=O)cc21. The van der Waals surface area contributed by atoms with Gasteiger partial charge in [0.15, 0.2) is 0 Å². The van der Waals surface area contributed by atoms with Crippen molar-refractivity contribution in [1.82, 2.24) is 19.1 Å². The molecule has 3 heterocycles. The first-order chi connectivity index (χ1) is 15.5. The number of benzene rings is 2. The number of aryl methyl sites for hydroxylation is 1. The van der Waals surface area contributed by atoms with Crippen LogP contribution in [0.5, 0.6) is 0 Å². The van der Waals surface area contributed by atoms with Crippen LogP contribution in [0.3, 0.4) is 0 Å². The Kier molecular flexibility index (Phi) is 4.97. The van der Waals surface area contributed by atoms with Crippen LogP contribution in [0.2, 0.25) is 0 Å². The Labute approximate surface area is 184 Å². The van der Waals surface area contributed by atoms with E-state index in [2.05, 4.69) is 14.9 Å². The predicted octanol–water partition coefficient (Wildman–Crippen LogP) is 2.74. The summed E-state index contributed by atoms with van der Waals surface area (Å²) in [4.78, 5) is 35.9. The minimum atomic E-state index is -0.471. The molecule has 0 radical (unpaired) electrons. The fourth-order valence-corrected chi connectivity index (χ4v) is 4.61. The predicted molar refractivity (Wildman–Crippen MR) is 124 cm³/mol. The zero-order valence-corrected chi connectivity index (χ0v) is 17.8. The number of carbonyl (C=O) groups excluding carboxylic acids is 1. The van der Waals surface area contributed by atoms with Crippen LogP contribution >= 0.6 is 0 Å². The summed E-state index contributed by atoms with van der Waals surface area (Å²) in [6, 6.07) is 15.1. The third-order valence-electron chi connectivity index (χ3n) is 6.26. The lowest BCUT2D eigenvalue weighted by molar-refractivity contribution is 0.100. The van der Waals surface area contributed by atoms with Crippen molar-refractivity contribution >= 4 is 22.9 Å². The minimum Gasteiger partial charge on any atom is -0.366 e. The number of piperidine rings is 1. The summed E-state index contributed by atoms with van der Waals surface area (Å²) >= 11 is 0. The molecule has 162 valence electrons. The molecule has 0 atom stereocenters. The van der Waals surface area contributed by atoms with Crippen LogP contribution in [-0.2, 0) is 7.05 Å². The molecule has 0 aliphatic carbocycles. The Bertz CT molecular complexity index is 1350. The lowest BCUT2D eigenvalue weighted by Gasteiger charge is -2.32. The first-order valence-corrected chi connectivity index (χ1v) is 10.7. The van der Waals surface area contributed by atoms with Gasteiger partial charge in [-0.2, -0.15) is 0 Å². The third-order valence-corrected chi connectivity index (χ3v) is 6.26. The molecule has 8 heteroatoms. The van der Waals surface area contributed by atoms with E-state index in [4.69, 9.17) is 5.73 Å². The number of imidazole rings is 1. The maximum Gasteiger partial charge on any atom is 0.329 e. The molecule has 0 unspecified atom stereocenters. The number of aromatic nitrogens is 4. The summed E-state index contributed by atoms with van der Waals surface area (Å²) in [5.74, 6) is 0.260. The van der Waals surface area contributed by atoms with Crippen molar-refractivity contribution in [1.29, 1.82) is 0 Å². The number of primary amides is 1. The first-order valence-electron chi connectivity index (χ1n) is 10.7. The second kappa shape index (κ2) is 7.96. The smallest absolute Gasteiger partial charge is 0.329 e. The van der Waals surface area contributed by atoms with Crippen molar-refractivity contribution in [3.05, 3.63) is 77.0 Å². The van der Waals surface area contributed by atoms with Gasteiger partial charge in [0.05, 0.1) is 11.0 Å². The molecule has 32 heavy (non-hydrogen) atoms. The summed E-state index contributed by atoms with van der Waals surface area (Å²) in [6.45, 7) is 1.59. The quantitative estimate of drug-likeness (QED) is 0.539. The molecule has 2 N–H and O–H groups in total. The number of anilines is 1. The Morgan fingerprint density at radius 1 is 1.00 bits per heavy atom. The monoisotopic (exact) mass is 428 g/mol. The lowest BCUT2D eigenvalue weighted by Crippen LogP contribution is -2.38. The van der Waals surface area contributed by atoms with Gasteiger partial charge in [-0.15, -0.1) is 0 Å². The van der Waals surface area contributed by atoms with E-state index < -0.39 is 5.91 Å². The highest BCUT2D eigenvalue weighted by atomic mass is 16.2. The second-order valence-electron chi connectivity index (χ2n) is 8.09. The molecule has 5 rings (SSSR count). The largest absolute Gasteiger partial charge is 0.366 e. The maximum atomic E-state index is 13.2. The van der Waals surface area contributed by atoms with E-state index in [1.54, 1.807) is 36.1 Å². The number of hydrogen-bond acceptors (Lipinski definition) is 5. The molecule has 1 aliphatic rings. The zero-order chi connectivity index (χ0) is 22.2. The summed E-state index contributed by atoms with van der Waals surface area (Å²) in [5.41, 5.74) is 9.34. The normalized spacial score (nSPS) is 14.7. The number of fused-ring (bicyclic) bond motifs is 1. The number of rotatable bonds is 4. The summed E-state index contributed by atoms with van der Waals surface area (Å²) < 4.78 is 3.58. The van der Waals surface area contributed by atoms with Crippen LogP contribution in [0.1, 0.15) is 29.2 Å². The molecule has 4 aromatic rings. The number of hydrogen-bond donors (Lipinski definition) is 1. The Hall–Kier alpha value is -3.94. The highest BCUT2D eigenvalue weighted by Gasteiger charge is 2.26. The number of nitrogens with zero attached hydrogens (tertiary/aromatic N) is 5. The molecule has 2 aromatic heterocycles. The van der Waals surface area contributed by atoms with Gasteiger partial charge < -0.3 is 10.6 Å². The second-order valence-corrected chi connectivity index (χ2v) is 8.09. The Morgan fingerprint density at radius 2 is 1.72 bits per heavy atom. The van der Waals surface area contributed by atoms with Crippen LogP contribution < -0.4 is 16.3 Å². The van der Waals surface area contributed by atoms with Crippen LogP contribution in [0.15, 0.2) is 65.7 Å². The van der Waals surface area contributed by atoms with Crippen LogP contribution in [0.25, 0.3) is 22.2 Å². The fraction of sp³-hybridized carbons (Fsp3) is 0.250. The Balaban J connectivity index is 1.49. The van der Waals surface area contributed by atoms with Gasteiger partial charge in [-0.1, -0.05) is 24.3 Å². The zero-order valence-electron chi connectivity index (χ0n) is 17.8. The third kappa shape index (κ3) is 3.33. The first kappa shape index (κ1) is 20.0. The van der Waals surface area contributed by atoms with Crippen molar-refractivity contribution < 1.29 is 4.79 Å². The van der Waals surface area contributed by atoms with Crippen molar-refractivity contribution in [2.45, 2.75) is 18.9 Å². The van der Waals surface area contributed by atoms with Crippen LogP contribution in [0, 0.1) is 0 Å². The molecule has 2 aromatic carbocycles. The number of amides is 1. The van der Waals surface area contributed by atoms with Crippen molar-refractivity contribution in [2.75, 3.05) is 18.0 Å². The Morgan fingerprint density at radius 3 is 2.44 bits per heavy atom. The van der Waals surface area contributed by atoms with E-state index in [1.165, 1.54) is 0 Å². The summed E-state index contributed by atoms with van der Waals surface area (Å²) in [5, 5.41) is 0. The standard InChI is InChI=1S/C24H24N6O2/c1-28-21-15-16(18-5-2-3-6-19(18)22(25)31)7-8-20(21)30(24(28)32)17-9-13-29(14-10-17)23-26-11-4-12-27-23/h2-8,11-12,15,17H,9-10,13-14H2,1H3,(H2,25,31). The minimum absolute atomic E-state index is 0.0326. The molecular formula is C24H24N6O2. The highest BCUT2D eigenvalue weighted by Crippen LogP contribution is 2.30. The molecule has 1 amide bonds. The molecule has 0 saturated carbocycles. The van der Waals surface area contributed by atoms with Crippen molar-refractivity contribution in [3.63, 3.8) is 0 Å². The topological polar surface area (TPSA) is 99.0 Å². The molecular weight excluding hydrogens is 404 g/mol. The lowest BCUT2D eigenvalue weighted by atomic mass is 9.98. The van der Waals surface area contributed by atoms with E-state index in [9.17, 15) is 9.59 Å². The van der Waals surface area contributed by atoms with Gasteiger partial charge in [-0.05, 0) is 48.2 Å². The highest BCUT2D eigenvalue weighted by molar-refractivity contribution is 6.00. The summed E-state index contributed by atoms with van der Waals surface area (Å²) in [6.07, 6.45) is 5.17. The molecule has 1 aliphatic heterocycles. The van der Waals surface area contributed by atoms with Gasteiger partial charge in [-0.3, -0.25) is 13.9 Å². The van der Waals surface area contributed by atoms with Crippen LogP contribution in [0.4, 0.5) is 5.95 Å². The number of carbonyl (C=O) groups is 1. The molecule has 0 bridgehead atoms. The van der Waals surface area contributed by atoms with Gasteiger partial charge in [0.2, 0.25) is 11.9 Å². The van der Waals surface area contributed by atoms with E-state index in [0.29, 0.717) is 5.56 Å². The number of nitrogens with two attached hydrogens (primary N) is 1. The van der Waals surface area contributed by atoms with E-state index in [1.807, 2.05) is 41.0 Å². The fourth-order valence-electron chi connectivity index (χ4n) is 4.61. The van der Waals surface area contributed by atoms with Crippen molar-refractivity contribution in [3.8, 4) is 11.1 Å². The molecule has 8 nitrogen and oxygen atoms in total. The van der Waals surface area contributed by atoms with Gasteiger partial charge in [0.1, 0.15) is 0 Å². The average molecular weight is 428 g/mol. The summed E-state index contributed by atoms with van der Waals surface area (Å²) in [7, 11) is 1.79. The molecule has 1 fully saturated rings. The van der Waals surface area contributed by atoms with E-state index in [-0.39, 0.29) is 11.7 Å². The van der Waals surface area contributed by atoms with Gasteiger partial charge in [0.25, 0.3) is 0 Å². The van der Waals surface area contributed by atoms with Gasteiger partial charge in [-0.25, -0.2) is 14.8 Å². The van der Waals surface area contributed by atoms with E-state index >= 15 is 0 Å². The average Bonchev–Trinajstić information content (AvgIpc) is 3.09. The maximum absolute atomic E-state index is 13.2.